The second-order valence-corrected chi connectivity index (χ2v) is 4.78. The number of carbonyl (C=O) groups is 1. The zero-order valence-electron chi connectivity index (χ0n) is 14.1. The molecule has 0 bridgehead atoms. The lowest BCUT2D eigenvalue weighted by molar-refractivity contribution is 0.171. The molecule has 2 rings (SSSR count). The molecule has 0 aliphatic carbocycles. The minimum atomic E-state index is -0.619. The molecule has 0 radical (unpaired) electrons. The van der Waals surface area contributed by atoms with Gasteiger partial charge in [0.15, 0.2) is 11.5 Å². The monoisotopic (exact) mass is 344 g/mol. The second kappa shape index (κ2) is 9.82. The van der Waals surface area contributed by atoms with Crippen LogP contribution in [0.5, 0.6) is 17.2 Å². The lowest BCUT2D eigenvalue weighted by Crippen LogP contribution is -2.16. The Balaban J connectivity index is 1.75. The third-order valence-electron chi connectivity index (χ3n) is 3.11. The molecular formula is C18H20N2O5. The molecule has 0 saturated heterocycles. The van der Waals surface area contributed by atoms with Crippen LogP contribution in [0.4, 0.5) is 4.79 Å². The van der Waals surface area contributed by atoms with Gasteiger partial charge in [0, 0.05) is 0 Å². The van der Waals surface area contributed by atoms with Gasteiger partial charge in [0.25, 0.3) is 0 Å². The molecule has 7 heteroatoms. The molecule has 25 heavy (non-hydrogen) atoms. The van der Waals surface area contributed by atoms with Crippen LogP contribution in [-0.4, -0.2) is 39.7 Å². The highest BCUT2D eigenvalue weighted by Gasteiger charge is 2.02. The van der Waals surface area contributed by atoms with Crippen molar-refractivity contribution < 1.29 is 23.7 Å². The summed E-state index contributed by atoms with van der Waals surface area (Å²) in [6.45, 7) is 0.794. The molecule has 1 amide bonds. The van der Waals surface area contributed by atoms with E-state index in [1.54, 1.807) is 7.11 Å². The molecule has 0 aromatic heterocycles. The molecule has 132 valence electrons. The van der Waals surface area contributed by atoms with E-state index in [0.29, 0.717) is 30.5 Å². The Hall–Kier alpha value is -3.22. The summed E-state index contributed by atoms with van der Waals surface area (Å²) >= 11 is 0. The molecule has 7 nitrogen and oxygen atoms in total. The SMILES string of the molecule is COC(=O)NN=Cc1ccc(OCCOc2ccccc2OC)cc1. The van der Waals surface area contributed by atoms with E-state index in [2.05, 4.69) is 15.3 Å². The van der Waals surface area contributed by atoms with Crippen molar-refractivity contribution in [1.29, 1.82) is 0 Å². The van der Waals surface area contributed by atoms with E-state index in [1.165, 1.54) is 13.3 Å². The van der Waals surface area contributed by atoms with Crippen molar-refractivity contribution >= 4 is 12.3 Å². The van der Waals surface area contributed by atoms with E-state index < -0.39 is 6.09 Å². The molecule has 2 aromatic rings. The Kier molecular flexibility index (Phi) is 7.12. The standard InChI is InChI=1S/C18H20N2O5/c1-22-16-5-3-4-6-17(16)25-12-11-24-15-9-7-14(8-10-15)13-19-20-18(21)23-2/h3-10,13H,11-12H2,1-2H3,(H,20,21). The average molecular weight is 344 g/mol. The van der Waals surface area contributed by atoms with Gasteiger partial charge in [-0.25, -0.2) is 10.2 Å². The highest BCUT2D eigenvalue weighted by molar-refractivity contribution is 5.80. The summed E-state index contributed by atoms with van der Waals surface area (Å²) in [4.78, 5) is 10.9. The fourth-order valence-electron chi connectivity index (χ4n) is 1.90. The maximum Gasteiger partial charge on any atom is 0.427 e. The molecule has 0 atom stereocenters. The van der Waals surface area contributed by atoms with E-state index in [4.69, 9.17) is 14.2 Å². The normalized spacial score (nSPS) is 10.3. The molecule has 0 fully saturated rings. The molecule has 0 heterocycles. The Morgan fingerprint density at radius 2 is 1.68 bits per heavy atom. The van der Waals surface area contributed by atoms with Crippen LogP contribution in [0, 0.1) is 0 Å². The number of amides is 1. The summed E-state index contributed by atoms with van der Waals surface area (Å²) < 4.78 is 20.9. The van der Waals surface area contributed by atoms with Crippen LogP contribution in [0.25, 0.3) is 0 Å². The first-order chi connectivity index (χ1) is 12.2. The maximum absolute atomic E-state index is 10.9. The van der Waals surface area contributed by atoms with E-state index in [0.717, 1.165) is 5.56 Å². The van der Waals surface area contributed by atoms with Crippen molar-refractivity contribution in [1.82, 2.24) is 5.43 Å². The van der Waals surface area contributed by atoms with Crippen molar-refractivity contribution in [2.24, 2.45) is 5.10 Å². The number of para-hydroxylation sites is 2. The van der Waals surface area contributed by atoms with Crippen LogP contribution in [-0.2, 0) is 4.74 Å². The van der Waals surface area contributed by atoms with Crippen molar-refractivity contribution in [3.63, 3.8) is 0 Å². The zero-order chi connectivity index (χ0) is 17.9. The first kappa shape index (κ1) is 18.1. The van der Waals surface area contributed by atoms with E-state index >= 15 is 0 Å². The number of nitrogens with one attached hydrogen (secondary N) is 1. The molecule has 0 spiro atoms. The van der Waals surface area contributed by atoms with Gasteiger partial charge >= 0.3 is 6.09 Å². The molecule has 2 aromatic carbocycles. The summed E-state index contributed by atoms with van der Waals surface area (Å²) in [5, 5.41) is 3.75. The number of methoxy groups -OCH3 is 2. The number of hydrogen-bond acceptors (Lipinski definition) is 6. The Bertz CT molecular complexity index is 701. The average Bonchev–Trinajstić information content (AvgIpc) is 2.66. The number of benzene rings is 2. The van der Waals surface area contributed by atoms with Gasteiger partial charge < -0.3 is 18.9 Å². The van der Waals surface area contributed by atoms with Crippen molar-refractivity contribution in [3.05, 3.63) is 54.1 Å². The summed E-state index contributed by atoms with van der Waals surface area (Å²) in [5.74, 6) is 2.08. The van der Waals surface area contributed by atoms with E-state index in [-0.39, 0.29) is 0 Å². The second-order valence-electron chi connectivity index (χ2n) is 4.78. The third kappa shape index (κ3) is 6.06. The Labute approximate surface area is 146 Å². The molecule has 1 N–H and O–H groups in total. The van der Waals surface area contributed by atoms with E-state index in [9.17, 15) is 4.79 Å². The highest BCUT2D eigenvalue weighted by Crippen LogP contribution is 2.25. The minimum absolute atomic E-state index is 0.395. The van der Waals surface area contributed by atoms with Crippen LogP contribution in [0.3, 0.4) is 0 Å². The number of nitrogens with zero attached hydrogens (tertiary/aromatic N) is 1. The molecule has 0 aliphatic rings. The smallest absolute Gasteiger partial charge is 0.427 e. The fourth-order valence-corrected chi connectivity index (χ4v) is 1.90. The topological polar surface area (TPSA) is 78.4 Å². The van der Waals surface area contributed by atoms with Gasteiger partial charge in [-0.15, -0.1) is 0 Å². The zero-order valence-corrected chi connectivity index (χ0v) is 14.1. The lowest BCUT2D eigenvalue weighted by atomic mass is 10.2. The number of carbonyl (C=O) groups excluding carboxylic acids is 1. The van der Waals surface area contributed by atoms with Crippen LogP contribution in [0.1, 0.15) is 5.56 Å². The number of hydrazone groups is 1. The van der Waals surface area contributed by atoms with Crippen LogP contribution in [0.2, 0.25) is 0 Å². The Morgan fingerprint density at radius 3 is 2.36 bits per heavy atom. The molecule has 0 unspecified atom stereocenters. The Morgan fingerprint density at radius 1 is 1.00 bits per heavy atom. The minimum Gasteiger partial charge on any atom is -0.493 e. The highest BCUT2D eigenvalue weighted by atomic mass is 16.5. The van der Waals surface area contributed by atoms with Crippen molar-refractivity contribution in [2.45, 2.75) is 0 Å². The predicted molar refractivity (Wildman–Crippen MR) is 93.6 cm³/mol. The van der Waals surface area contributed by atoms with Gasteiger partial charge in [-0.1, -0.05) is 12.1 Å². The van der Waals surface area contributed by atoms with Crippen LogP contribution >= 0.6 is 0 Å². The van der Waals surface area contributed by atoms with Crippen molar-refractivity contribution in [2.75, 3.05) is 27.4 Å². The van der Waals surface area contributed by atoms with Gasteiger partial charge in [-0.2, -0.15) is 5.10 Å². The molecular weight excluding hydrogens is 324 g/mol. The van der Waals surface area contributed by atoms with E-state index in [1.807, 2.05) is 48.5 Å². The largest absolute Gasteiger partial charge is 0.493 e. The van der Waals surface area contributed by atoms with Crippen molar-refractivity contribution in [3.8, 4) is 17.2 Å². The summed E-state index contributed by atoms with van der Waals surface area (Å²) in [7, 11) is 2.87. The van der Waals surface area contributed by atoms with Crippen LogP contribution in [0.15, 0.2) is 53.6 Å². The fraction of sp³-hybridized carbons (Fsp3) is 0.222. The maximum atomic E-state index is 10.9. The number of ether oxygens (including phenoxy) is 4. The number of hydrogen-bond donors (Lipinski definition) is 1. The summed E-state index contributed by atoms with van der Waals surface area (Å²) in [5.41, 5.74) is 3.03. The predicted octanol–water partition coefficient (Wildman–Crippen LogP) is 2.84. The molecule has 0 aliphatic heterocycles. The van der Waals surface area contributed by atoms with Gasteiger partial charge in [-0.05, 0) is 42.0 Å². The third-order valence-corrected chi connectivity index (χ3v) is 3.11. The van der Waals surface area contributed by atoms with Gasteiger partial charge in [0.2, 0.25) is 0 Å². The summed E-state index contributed by atoms with van der Waals surface area (Å²) in [6, 6.07) is 14.7. The number of rotatable bonds is 8. The lowest BCUT2D eigenvalue weighted by Gasteiger charge is -2.11. The van der Waals surface area contributed by atoms with Gasteiger partial charge in [0.05, 0.1) is 20.4 Å². The van der Waals surface area contributed by atoms with Gasteiger partial charge in [0.1, 0.15) is 19.0 Å². The van der Waals surface area contributed by atoms with Crippen LogP contribution < -0.4 is 19.6 Å². The quantitative estimate of drug-likeness (QED) is 0.453. The van der Waals surface area contributed by atoms with Gasteiger partial charge in [-0.3, -0.25) is 0 Å². The first-order valence-electron chi connectivity index (χ1n) is 7.58. The summed E-state index contributed by atoms with van der Waals surface area (Å²) in [6.07, 6.45) is 0.886. The first-order valence-corrected chi connectivity index (χ1v) is 7.58. The molecule has 0 saturated carbocycles.